The number of nitrogens with one attached hydrogen (secondary N) is 2. The van der Waals surface area contributed by atoms with Crippen molar-refractivity contribution in [2.24, 2.45) is 0 Å². The summed E-state index contributed by atoms with van der Waals surface area (Å²) in [5, 5.41) is 4.09. The van der Waals surface area contributed by atoms with Gasteiger partial charge < -0.3 is 10.3 Å². The van der Waals surface area contributed by atoms with Crippen molar-refractivity contribution >= 4 is 17.2 Å². The maximum Gasteiger partial charge on any atom is 0.217 e. The first-order chi connectivity index (χ1) is 7.35. The Morgan fingerprint density at radius 3 is 3.00 bits per heavy atom. The molecule has 1 aromatic heterocycles. The quantitative estimate of drug-likeness (QED) is 0.785. The number of aromatic nitrogens is 1. The minimum absolute atomic E-state index is 0.232. The van der Waals surface area contributed by atoms with Gasteiger partial charge in [-0.25, -0.2) is 0 Å². The number of aromatic amines is 1. The molecule has 0 saturated carbocycles. The summed E-state index contributed by atoms with van der Waals surface area (Å²) < 4.78 is 0. The molecule has 3 nitrogen and oxygen atoms in total. The third kappa shape index (κ3) is 1.92. The summed E-state index contributed by atoms with van der Waals surface area (Å²) in [5.41, 5.74) is 2.25. The van der Waals surface area contributed by atoms with Crippen LogP contribution in [0.5, 0.6) is 0 Å². The molecule has 3 heteroatoms. The predicted octanol–water partition coefficient (Wildman–Crippen LogP) is 1.41. The Morgan fingerprint density at radius 1 is 1.47 bits per heavy atom. The summed E-state index contributed by atoms with van der Waals surface area (Å²) >= 11 is 0. The molecule has 0 unspecified atom stereocenters. The molecule has 0 amide bonds. The Hall–Kier alpha value is -1.61. The van der Waals surface area contributed by atoms with E-state index in [1.165, 1.54) is 5.39 Å². The molecule has 77 valence electrons. The van der Waals surface area contributed by atoms with Gasteiger partial charge in [0.2, 0.25) is 6.29 Å². The van der Waals surface area contributed by atoms with E-state index in [0.717, 1.165) is 11.1 Å². The smallest absolute Gasteiger partial charge is 0.217 e. The lowest BCUT2D eigenvalue weighted by atomic mass is 10.1. The first-order valence-electron chi connectivity index (χ1n) is 4.95. The molecule has 15 heavy (non-hydrogen) atoms. The monoisotopic (exact) mass is 201 g/mol. The van der Waals surface area contributed by atoms with E-state index < -0.39 is 0 Å². The molecular weight excluding hydrogens is 188 g/mol. The van der Waals surface area contributed by atoms with E-state index in [2.05, 4.69) is 16.4 Å². The van der Waals surface area contributed by atoms with E-state index in [0.29, 0.717) is 6.42 Å². The predicted molar refractivity (Wildman–Crippen MR) is 60.5 cm³/mol. The average Bonchev–Trinajstić information content (AvgIpc) is 2.69. The van der Waals surface area contributed by atoms with Gasteiger partial charge >= 0.3 is 0 Å². The van der Waals surface area contributed by atoms with Gasteiger partial charge in [0, 0.05) is 17.1 Å². The van der Waals surface area contributed by atoms with Crippen molar-refractivity contribution in [3.05, 3.63) is 36.0 Å². The highest BCUT2D eigenvalue weighted by molar-refractivity contribution is 5.83. The van der Waals surface area contributed by atoms with Crippen LogP contribution in [-0.4, -0.2) is 24.4 Å². The molecule has 0 aliphatic rings. The van der Waals surface area contributed by atoms with Crippen molar-refractivity contribution in [1.82, 2.24) is 10.3 Å². The zero-order chi connectivity index (χ0) is 10.7. The minimum Gasteiger partial charge on any atom is -0.361 e. The number of para-hydroxylation sites is 1. The highest BCUT2D eigenvalue weighted by atomic mass is 16.1. The molecule has 1 heterocycles. The normalized spacial score (nSPS) is 12.9. The summed E-state index contributed by atoms with van der Waals surface area (Å²) in [4.78, 5) is 13.8. The summed E-state index contributed by atoms with van der Waals surface area (Å²) in [7, 11) is 1.77. The number of H-pyrrole nitrogens is 1. The van der Waals surface area contributed by atoms with Crippen molar-refractivity contribution in [2.45, 2.75) is 12.5 Å². The van der Waals surface area contributed by atoms with Crippen LogP contribution >= 0.6 is 0 Å². The lowest BCUT2D eigenvalue weighted by Crippen LogP contribution is -2.28. The number of carbonyl (C=O) groups excluding carboxylic acids is 1. The van der Waals surface area contributed by atoms with Crippen LogP contribution < -0.4 is 5.32 Å². The molecule has 2 rings (SSSR count). The number of hydrogen-bond donors (Lipinski definition) is 2. The highest BCUT2D eigenvalue weighted by Gasteiger charge is 2.09. The number of benzene rings is 1. The lowest BCUT2D eigenvalue weighted by Gasteiger charge is -2.06. The van der Waals surface area contributed by atoms with Crippen LogP contribution in [0.25, 0.3) is 10.9 Å². The van der Waals surface area contributed by atoms with Gasteiger partial charge in [0.05, 0.1) is 6.04 Å². The largest absolute Gasteiger partial charge is 0.361 e. The highest BCUT2D eigenvalue weighted by Crippen LogP contribution is 2.18. The first kappa shape index (κ1) is 9.93. The van der Waals surface area contributed by atoms with Gasteiger partial charge in [-0.15, -0.1) is 0 Å². The third-order valence-corrected chi connectivity index (χ3v) is 2.59. The molecule has 1 aromatic carbocycles. The topological polar surface area (TPSA) is 44.9 Å². The van der Waals surface area contributed by atoms with Gasteiger partial charge in [-0.2, -0.15) is 0 Å². The van der Waals surface area contributed by atoms with E-state index in [1.54, 1.807) is 7.05 Å². The van der Waals surface area contributed by atoms with Crippen LogP contribution in [0.4, 0.5) is 0 Å². The van der Waals surface area contributed by atoms with Crippen molar-refractivity contribution in [1.29, 1.82) is 0 Å². The fourth-order valence-corrected chi connectivity index (χ4v) is 1.72. The molecule has 0 fully saturated rings. The molecule has 1 radical (unpaired) electrons. The van der Waals surface area contributed by atoms with E-state index in [9.17, 15) is 4.79 Å². The average molecular weight is 201 g/mol. The molecule has 0 bridgehead atoms. The van der Waals surface area contributed by atoms with Crippen LogP contribution in [0.15, 0.2) is 30.5 Å². The first-order valence-corrected chi connectivity index (χ1v) is 4.95. The lowest BCUT2D eigenvalue weighted by molar-refractivity contribution is 0.526. The van der Waals surface area contributed by atoms with Crippen molar-refractivity contribution in [3.63, 3.8) is 0 Å². The maximum absolute atomic E-state index is 10.6. The van der Waals surface area contributed by atoms with Gasteiger partial charge in [0.25, 0.3) is 0 Å². The second kappa shape index (κ2) is 4.28. The zero-order valence-electron chi connectivity index (χ0n) is 8.58. The van der Waals surface area contributed by atoms with Crippen LogP contribution in [0.1, 0.15) is 5.56 Å². The fraction of sp³-hybridized carbons (Fsp3) is 0.250. The summed E-state index contributed by atoms with van der Waals surface area (Å²) in [5.74, 6) is 0. The molecular formula is C12H13N2O. The van der Waals surface area contributed by atoms with E-state index in [1.807, 2.05) is 30.7 Å². The van der Waals surface area contributed by atoms with E-state index in [-0.39, 0.29) is 6.04 Å². The van der Waals surface area contributed by atoms with Gasteiger partial charge in [0.15, 0.2) is 0 Å². The number of hydrogen-bond acceptors (Lipinski definition) is 2. The minimum atomic E-state index is -0.232. The van der Waals surface area contributed by atoms with Crippen molar-refractivity contribution in [3.8, 4) is 0 Å². The standard InChI is InChI=1S/C12H13N2O/c1-13-10(8-15)6-9-7-14-12-5-3-2-4-11(9)12/h2-5,7,10,13-14H,6H2,1H3/t10-/m0/s1. The molecule has 0 aliphatic carbocycles. The van der Waals surface area contributed by atoms with Crippen LogP contribution in [0, 0.1) is 0 Å². The van der Waals surface area contributed by atoms with Crippen LogP contribution in [-0.2, 0) is 11.2 Å². The Balaban J connectivity index is 2.32. The number of rotatable bonds is 4. The van der Waals surface area contributed by atoms with Crippen molar-refractivity contribution < 1.29 is 4.79 Å². The number of fused-ring (bicyclic) bond motifs is 1. The molecule has 2 N–H and O–H groups in total. The molecule has 1 atom stereocenters. The second-order valence-electron chi connectivity index (χ2n) is 3.52. The van der Waals surface area contributed by atoms with E-state index in [4.69, 9.17) is 0 Å². The molecule has 0 spiro atoms. The molecule has 0 saturated heterocycles. The Bertz CT molecular complexity index is 461. The van der Waals surface area contributed by atoms with Gasteiger partial charge in [-0.05, 0) is 25.1 Å². The molecule has 0 aliphatic heterocycles. The third-order valence-electron chi connectivity index (χ3n) is 2.59. The summed E-state index contributed by atoms with van der Waals surface area (Å²) in [6.45, 7) is 0. The summed E-state index contributed by atoms with van der Waals surface area (Å²) in [6.07, 6.45) is 4.60. The number of likely N-dealkylation sites (N-methyl/N-ethyl adjacent to an activating group) is 1. The van der Waals surface area contributed by atoms with Gasteiger partial charge in [-0.1, -0.05) is 18.2 Å². The van der Waals surface area contributed by atoms with Crippen LogP contribution in [0.3, 0.4) is 0 Å². The Morgan fingerprint density at radius 2 is 2.27 bits per heavy atom. The van der Waals surface area contributed by atoms with E-state index >= 15 is 0 Å². The SMILES string of the molecule is CN[C@H]([C]=O)Cc1c[nH]c2ccccc12. The van der Waals surface area contributed by atoms with Crippen LogP contribution in [0.2, 0.25) is 0 Å². The maximum atomic E-state index is 10.6. The zero-order valence-corrected chi connectivity index (χ0v) is 8.58. The Kier molecular flexibility index (Phi) is 2.83. The fourth-order valence-electron chi connectivity index (χ4n) is 1.72. The van der Waals surface area contributed by atoms with Gasteiger partial charge in [-0.3, -0.25) is 4.79 Å². The Labute approximate surface area is 88.5 Å². The second-order valence-corrected chi connectivity index (χ2v) is 3.52. The van der Waals surface area contributed by atoms with Gasteiger partial charge in [0.1, 0.15) is 0 Å². The molecule has 2 aromatic rings. The van der Waals surface area contributed by atoms with Crippen molar-refractivity contribution in [2.75, 3.05) is 7.05 Å². The summed E-state index contributed by atoms with van der Waals surface area (Å²) in [6, 6.07) is 7.84.